The third-order valence-electron chi connectivity index (χ3n) is 8.31. The summed E-state index contributed by atoms with van der Waals surface area (Å²) in [6.45, 7) is 12.1. The van der Waals surface area contributed by atoms with Crippen molar-refractivity contribution in [2.75, 3.05) is 35.4 Å². The first-order valence-electron chi connectivity index (χ1n) is 14.4. The summed E-state index contributed by atoms with van der Waals surface area (Å²) in [5, 5.41) is 0.549. The number of rotatable bonds is 7. The highest BCUT2D eigenvalue weighted by Crippen LogP contribution is 2.38. The number of piperazine rings is 1. The van der Waals surface area contributed by atoms with E-state index in [0.29, 0.717) is 28.3 Å². The van der Waals surface area contributed by atoms with E-state index < -0.39 is 10.0 Å². The predicted octanol–water partition coefficient (Wildman–Crippen LogP) is 4.89. The first-order valence-corrected chi connectivity index (χ1v) is 15.8. The fraction of sp³-hybridized carbons (Fsp3) is 0.375. The van der Waals surface area contributed by atoms with E-state index in [1.165, 1.54) is 4.31 Å². The van der Waals surface area contributed by atoms with Gasteiger partial charge in [-0.1, -0.05) is 23.8 Å². The Labute approximate surface area is 241 Å². The van der Waals surface area contributed by atoms with Gasteiger partial charge in [-0.15, -0.1) is 0 Å². The largest absolute Gasteiger partial charge is 0.369 e. The Bertz CT molecular complexity index is 1750. The lowest BCUT2D eigenvalue weighted by molar-refractivity contribution is 0.209. The topological polar surface area (TPSA) is 78.8 Å². The molecule has 6 rings (SSSR count). The molecule has 9 heteroatoms. The van der Waals surface area contributed by atoms with Gasteiger partial charge in [0, 0.05) is 44.0 Å². The molecule has 8 nitrogen and oxygen atoms in total. The zero-order valence-corrected chi connectivity index (χ0v) is 24.9. The minimum atomic E-state index is -3.77. The van der Waals surface area contributed by atoms with Gasteiger partial charge in [-0.25, -0.2) is 13.4 Å². The van der Waals surface area contributed by atoms with E-state index in [1.807, 2.05) is 62.4 Å². The summed E-state index contributed by atoms with van der Waals surface area (Å²) in [5.74, 6) is 0. The van der Waals surface area contributed by atoms with Gasteiger partial charge in [0.1, 0.15) is 6.33 Å². The van der Waals surface area contributed by atoms with Gasteiger partial charge in [0.05, 0.1) is 27.2 Å². The van der Waals surface area contributed by atoms with Crippen molar-refractivity contribution in [2.45, 2.75) is 57.5 Å². The fourth-order valence-electron chi connectivity index (χ4n) is 5.65. The van der Waals surface area contributed by atoms with Gasteiger partial charge in [-0.05, 0) is 88.6 Å². The quantitative estimate of drug-likeness (QED) is 0.314. The lowest BCUT2D eigenvalue weighted by atomic mass is 10.1. The molecular weight excluding hydrogens is 534 g/mol. The lowest BCUT2D eigenvalue weighted by Gasteiger charge is -2.38. The summed E-state index contributed by atoms with van der Waals surface area (Å²) in [4.78, 5) is 23.6. The molecule has 3 aromatic carbocycles. The molecule has 0 bridgehead atoms. The maximum Gasteiger partial charge on any atom is 0.265 e. The van der Waals surface area contributed by atoms with Gasteiger partial charge >= 0.3 is 0 Å². The van der Waals surface area contributed by atoms with Crippen LogP contribution in [0.3, 0.4) is 0 Å². The third kappa shape index (κ3) is 5.24. The highest BCUT2D eigenvalue weighted by atomic mass is 32.2. The highest BCUT2D eigenvalue weighted by Gasteiger charge is 2.38. The summed E-state index contributed by atoms with van der Waals surface area (Å²) in [5.41, 5.74) is 4.54. The fourth-order valence-corrected chi connectivity index (χ4v) is 7.35. The SMILES string of the molecule is Cc1ccc(S(=O)(=O)N(c2ccc(C)c(-n3cnc4ccc(N5CCN(C(C)C)CC5)cc4c3=O)c2)C2CC2)cc1. The van der Waals surface area contributed by atoms with Crippen molar-refractivity contribution in [3.8, 4) is 5.69 Å². The molecule has 0 unspecified atom stereocenters. The van der Waals surface area contributed by atoms with Crippen molar-refractivity contribution in [1.29, 1.82) is 0 Å². The van der Waals surface area contributed by atoms with Crippen molar-refractivity contribution in [1.82, 2.24) is 14.5 Å². The van der Waals surface area contributed by atoms with E-state index in [0.717, 1.165) is 55.8 Å². The molecule has 1 aliphatic heterocycles. The molecule has 0 amide bonds. The maximum atomic E-state index is 13.9. The van der Waals surface area contributed by atoms with Crippen molar-refractivity contribution in [2.24, 2.45) is 0 Å². The van der Waals surface area contributed by atoms with Gasteiger partial charge in [0.2, 0.25) is 0 Å². The Morgan fingerprint density at radius 2 is 1.61 bits per heavy atom. The highest BCUT2D eigenvalue weighted by molar-refractivity contribution is 7.92. The summed E-state index contributed by atoms with van der Waals surface area (Å²) in [7, 11) is -3.77. The van der Waals surface area contributed by atoms with Crippen LogP contribution in [0.25, 0.3) is 16.6 Å². The predicted molar refractivity (Wildman–Crippen MR) is 165 cm³/mol. The van der Waals surface area contributed by atoms with Gasteiger partial charge < -0.3 is 4.90 Å². The minimum Gasteiger partial charge on any atom is -0.369 e. The molecule has 1 saturated heterocycles. The molecule has 0 radical (unpaired) electrons. The summed E-state index contributed by atoms with van der Waals surface area (Å²) in [6, 6.07) is 18.8. The van der Waals surface area contributed by atoms with Crippen molar-refractivity contribution >= 4 is 32.3 Å². The van der Waals surface area contributed by atoms with E-state index in [9.17, 15) is 13.2 Å². The van der Waals surface area contributed by atoms with E-state index >= 15 is 0 Å². The van der Waals surface area contributed by atoms with Crippen LogP contribution in [0.1, 0.15) is 37.8 Å². The van der Waals surface area contributed by atoms with Gasteiger partial charge in [-0.2, -0.15) is 0 Å². The molecule has 0 spiro atoms. The Kier molecular flexibility index (Phi) is 7.11. The number of fused-ring (bicyclic) bond motifs is 1. The maximum absolute atomic E-state index is 13.9. The molecule has 1 saturated carbocycles. The first-order chi connectivity index (χ1) is 19.6. The van der Waals surface area contributed by atoms with Crippen LogP contribution in [0.15, 0.2) is 76.7 Å². The Morgan fingerprint density at radius 1 is 0.902 bits per heavy atom. The smallest absolute Gasteiger partial charge is 0.265 e. The third-order valence-corrected chi connectivity index (χ3v) is 10.2. The monoisotopic (exact) mass is 571 g/mol. The number of aryl methyl sites for hydroxylation is 2. The van der Waals surface area contributed by atoms with Gasteiger partial charge in [-0.3, -0.25) is 18.6 Å². The van der Waals surface area contributed by atoms with Crippen molar-refractivity contribution in [3.63, 3.8) is 0 Å². The van der Waals surface area contributed by atoms with Crippen molar-refractivity contribution < 1.29 is 8.42 Å². The number of hydrogen-bond donors (Lipinski definition) is 0. The average molecular weight is 572 g/mol. The lowest BCUT2D eigenvalue weighted by Crippen LogP contribution is -2.48. The van der Waals surface area contributed by atoms with Gasteiger partial charge in [0.25, 0.3) is 15.6 Å². The second kappa shape index (κ2) is 10.6. The molecule has 41 heavy (non-hydrogen) atoms. The number of hydrogen-bond acceptors (Lipinski definition) is 6. The molecule has 2 heterocycles. The first kappa shape index (κ1) is 27.5. The molecule has 2 fully saturated rings. The second-order valence-electron chi connectivity index (χ2n) is 11.6. The molecule has 4 aromatic rings. The molecular formula is C32H37N5O3S. The molecule has 1 aliphatic carbocycles. The zero-order chi connectivity index (χ0) is 28.9. The van der Waals surface area contributed by atoms with E-state index in [4.69, 9.17) is 0 Å². The van der Waals surface area contributed by atoms with E-state index in [2.05, 4.69) is 28.6 Å². The second-order valence-corrected chi connectivity index (χ2v) is 13.4. The van der Waals surface area contributed by atoms with Gasteiger partial charge in [0.15, 0.2) is 0 Å². The van der Waals surface area contributed by atoms with Crippen LogP contribution in [0.5, 0.6) is 0 Å². The minimum absolute atomic E-state index is 0.0953. The Morgan fingerprint density at radius 3 is 2.27 bits per heavy atom. The summed E-state index contributed by atoms with van der Waals surface area (Å²) in [6.07, 6.45) is 3.16. The van der Waals surface area contributed by atoms with Crippen LogP contribution < -0.4 is 14.8 Å². The molecule has 0 N–H and O–H groups in total. The molecule has 2 aliphatic rings. The molecule has 214 valence electrons. The van der Waals surface area contributed by atoms with Crippen LogP contribution in [0, 0.1) is 13.8 Å². The number of anilines is 2. The van der Waals surface area contributed by atoms with Crippen LogP contribution in [0.4, 0.5) is 11.4 Å². The summed E-state index contributed by atoms with van der Waals surface area (Å²) < 4.78 is 30.6. The van der Waals surface area contributed by atoms with E-state index in [-0.39, 0.29) is 16.5 Å². The normalized spacial score (nSPS) is 16.5. The van der Waals surface area contributed by atoms with Crippen LogP contribution in [-0.2, 0) is 10.0 Å². The Balaban J connectivity index is 1.38. The molecule has 1 aromatic heterocycles. The number of benzene rings is 3. The van der Waals surface area contributed by atoms with Crippen LogP contribution in [-0.4, -0.2) is 61.1 Å². The molecule has 0 atom stereocenters. The number of sulfonamides is 1. The average Bonchev–Trinajstić information content (AvgIpc) is 3.79. The van der Waals surface area contributed by atoms with E-state index in [1.54, 1.807) is 23.0 Å². The van der Waals surface area contributed by atoms with Crippen molar-refractivity contribution in [3.05, 3.63) is 88.5 Å². The van der Waals surface area contributed by atoms with Crippen LogP contribution >= 0.6 is 0 Å². The Hall–Kier alpha value is -3.69. The number of nitrogens with zero attached hydrogens (tertiary/aromatic N) is 5. The standard InChI is InChI=1S/C32H37N5O3S/c1-22(2)34-15-17-35(18-16-34)26-11-14-30-29(19-26)32(38)36(21-33-30)31-20-27(8-7-24(31)4)37(25-9-10-25)41(39,40)28-12-5-23(3)6-13-28/h5-8,11-14,19-22,25H,9-10,15-18H2,1-4H3. The summed E-state index contributed by atoms with van der Waals surface area (Å²) >= 11 is 0. The zero-order valence-electron chi connectivity index (χ0n) is 24.1. The number of aromatic nitrogens is 2. The van der Waals surface area contributed by atoms with Crippen LogP contribution in [0.2, 0.25) is 0 Å².